The number of sulfonamides is 1. The third-order valence-corrected chi connectivity index (χ3v) is 6.70. The molecule has 8 heteroatoms. The molecule has 2 bridgehead atoms. The van der Waals surface area contributed by atoms with Crippen molar-refractivity contribution in [3.05, 3.63) is 53.3 Å². The molecule has 0 spiro atoms. The van der Waals surface area contributed by atoms with Crippen LogP contribution in [-0.4, -0.2) is 44.6 Å². The number of ether oxygens (including phenoxy) is 2. The van der Waals surface area contributed by atoms with Crippen LogP contribution in [0.2, 0.25) is 0 Å². The highest BCUT2D eigenvalue weighted by Gasteiger charge is 2.41. The number of benzene rings is 1. The van der Waals surface area contributed by atoms with Gasteiger partial charge in [-0.05, 0) is 61.8 Å². The Morgan fingerprint density at radius 3 is 2.67 bits per heavy atom. The maximum Gasteiger partial charge on any atom is 0.303 e. The van der Waals surface area contributed by atoms with Gasteiger partial charge < -0.3 is 14.6 Å². The third kappa shape index (κ3) is 6.09. The molecule has 2 heterocycles. The highest BCUT2D eigenvalue weighted by atomic mass is 32.2. The molecule has 0 amide bonds. The van der Waals surface area contributed by atoms with E-state index in [2.05, 4.69) is 4.72 Å². The van der Waals surface area contributed by atoms with Gasteiger partial charge in [-0.15, -0.1) is 0 Å². The first kappa shape index (κ1) is 22.4. The fourth-order valence-electron chi connectivity index (χ4n) is 3.82. The summed E-state index contributed by atoms with van der Waals surface area (Å²) in [5.41, 5.74) is 2.62. The molecule has 1 fully saturated rings. The number of nitrogens with one attached hydrogen (secondary N) is 1. The number of carboxylic acids is 1. The summed E-state index contributed by atoms with van der Waals surface area (Å²) < 4.78 is 39.2. The normalized spacial score (nSPS) is 20.8. The van der Waals surface area contributed by atoms with Crippen LogP contribution in [-0.2, 0) is 26.0 Å². The Morgan fingerprint density at radius 2 is 1.97 bits per heavy atom. The molecule has 0 aliphatic carbocycles. The van der Waals surface area contributed by atoms with E-state index in [0.29, 0.717) is 31.4 Å². The van der Waals surface area contributed by atoms with Crippen molar-refractivity contribution in [1.29, 1.82) is 0 Å². The summed E-state index contributed by atoms with van der Waals surface area (Å²) in [4.78, 5) is 10.6. The van der Waals surface area contributed by atoms with Crippen LogP contribution in [0.1, 0.15) is 44.1 Å². The number of carboxylic acid groups (broad SMARTS) is 1. The van der Waals surface area contributed by atoms with Crippen LogP contribution < -0.4 is 9.46 Å². The van der Waals surface area contributed by atoms with Crippen LogP contribution in [0.5, 0.6) is 5.75 Å². The second-order valence-corrected chi connectivity index (χ2v) is 9.45. The number of hydrogen-bond acceptors (Lipinski definition) is 5. The second kappa shape index (κ2) is 10.1. The molecule has 2 atom stereocenters. The fraction of sp³-hybridized carbons (Fsp3) is 0.500. The Hall–Kier alpha value is -2.32. The molecule has 0 radical (unpaired) electrons. The minimum Gasteiger partial charge on any atom is -0.497 e. The Labute approximate surface area is 177 Å². The van der Waals surface area contributed by atoms with E-state index < -0.39 is 16.0 Å². The van der Waals surface area contributed by atoms with E-state index in [9.17, 15) is 13.2 Å². The van der Waals surface area contributed by atoms with E-state index >= 15 is 0 Å². The van der Waals surface area contributed by atoms with Gasteiger partial charge in [0.2, 0.25) is 10.0 Å². The second-order valence-electron chi connectivity index (χ2n) is 7.61. The lowest BCUT2D eigenvalue weighted by Gasteiger charge is -2.18. The van der Waals surface area contributed by atoms with Crippen LogP contribution >= 0.6 is 0 Å². The molecular formula is C22H29NO6S. The number of hydrogen-bond donors (Lipinski definition) is 2. The van der Waals surface area contributed by atoms with Crippen molar-refractivity contribution in [3.63, 3.8) is 0 Å². The maximum absolute atomic E-state index is 12.7. The zero-order valence-electron chi connectivity index (χ0n) is 17.2. The monoisotopic (exact) mass is 435 g/mol. The fourth-order valence-corrected chi connectivity index (χ4v) is 5.03. The van der Waals surface area contributed by atoms with Crippen LogP contribution in [0.3, 0.4) is 0 Å². The molecule has 164 valence electrons. The van der Waals surface area contributed by atoms with Crippen LogP contribution in [0.4, 0.5) is 0 Å². The van der Waals surface area contributed by atoms with E-state index in [0.717, 1.165) is 29.7 Å². The predicted molar refractivity (Wildman–Crippen MR) is 114 cm³/mol. The molecule has 30 heavy (non-hydrogen) atoms. The van der Waals surface area contributed by atoms with Gasteiger partial charge in [0.25, 0.3) is 0 Å². The summed E-state index contributed by atoms with van der Waals surface area (Å²) in [6.45, 7) is 0. The zero-order valence-corrected chi connectivity index (χ0v) is 18.0. The van der Waals surface area contributed by atoms with Crippen LogP contribution in [0, 0.1) is 0 Å². The molecule has 2 aliphatic rings. The smallest absolute Gasteiger partial charge is 0.303 e. The number of aryl methyl sites for hydroxylation is 1. The van der Waals surface area contributed by atoms with Gasteiger partial charge >= 0.3 is 5.97 Å². The van der Waals surface area contributed by atoms with Crippen LogP contribution in [0.15, 0.2) is 47.7 Å². The molecule has 2 N–H and O–H groups in total. The third-order valence-electron chi connectivity index (χ3n) is 5.43. The highest BCUT2D eigenvalue weighted by molar-refractivity contribution is 7.89. The van der Waals surface area contributed by atoms with Crippen molar-refractivity contribution in [2.45, 2.75) is 57.2 Å². The first-order valence-corrected chi connectivity index (χ1v) is 11.9. The quantitative estimate of drug-likeness (QED) is 0.386. The van der Waals surface area contributed by atoms with Gasteiger partial charge in [0, 0.05) is 6.42 Å². The lowest BCUT2D eigenvalue weighted by atomic mass is 9.94. The van der Waals surface area contributed by atoms with Gasteiger partial charge in [0.1, 0.15) is 5.75 Å². The topological polar surface area (TPSA) is 102 Å². The largest absolute Gasteiger partial charge is 0.497 e. The van der Waals surface area contributed by atoms with E-state index in [1.54, 1.807) is 7.11 Å². The standard InChI is InChI=1S/C22H29NO6S/c1-28-17-10-8-16(9-11-17)14-15-30(26,27)23-22-18(19-12-13-20(22)29-19)6-4-2-3-5-7-21(24)25/h2,4,8-11,19-20,23H,3,5-7,12-15H2,1H3,(H,24,25). The summed E-state index contributed by atoms with van der Waals surface area (Å²) in [5.74, 6) is -0.0537. The summed E-state index contributed by atoms with van der Waals surface area (Å²) >= 11 is 0. The van der Waals surface area contributed by atoms with Crippen molar-refractivity contribution < 1.29 is 27.8 Å². The summed E-state index contributed by atoms with van der Waals surface area (Å²) in [7, 11) is -1.90. The summed E-state index contributed by atoms with van der Waals surface area (Å²) in [5, 5.41) is 8.68. The number of methoxy groups -OCH3 is 1. The molecule has 7 nitrogen and oxygen atoms in total. The Bertz CT molecular complexity index is 904. The molecule has 1 aromatic carbocycles. The SMILES string of the molecule is COc1ccc(CCS(=O)(=O)NC2=C(CC=CCCCC(=O)O)C3CCC2O3)cc1. The average Bonchev–Trinajstić information content (AvgIpc) is 3.31. The molecule has 1 aromatic rings. The number of allylic oxidation sites excluding steroid dienone is 2. The Kier molecular flexibility index (Phi) is 7.55. The minimum atomic E-state index is -3.49. The molecule has 3 rings (SSSR count). The Balaban J connectivity index is 1.58. The van der Waals surface area contributed by atoms with Gasteiger partial charge in [-0.1, -0.05) is 24.3 Å². The lowest BCUT2D eigenvalue weighted by Crippen LogP contribution is -2.32. The first-order chi connectivity index (χ1) is 14.4. The van der Waals surface area contributed by atoms with Gasteiger partial charge in [-0.25, -0.2) is 8.42 Å². The maximum atomic E-state index is 12.7. The van der Waals surface area contributed by atoms with Crippen molar-refractivity contribution in [3.8, 4) is 5.75 Å². The number of carbonyl (C=O) groups is 1. The molecular weight excluding hydrogens is 406 g/mol. The van der Waals surface area contributed by atoms with E-state index in [-0.39, 0.29) is 24.4 Å². The molecule has 1 saturated heterocycles. The zero-order chi connectivity index (χ0) is 21.6. The van der Waals surface area contributed by atoms with Crippen LogP contribution in [0.25, 0.3) is 0 Å². The molecule has 0 aromatic heterocycles. The van der Waals surface area contributed by atoms with Gasteiger partial charge in [0.15, 0.2) is 0 Å². The summed E-state index contributed by atoms with van der Waals surface area (Å²) in [6, 6.07) is 7.38. The highest BCUT2D eigenvalue weighted by Crippen LogP contribution is 2.40. The number of unbranched alkanes of at least 4 members (excludes halogenated alkanes) is 1. The lowest BCUT2D eigenvalue weighted by molar-refractivity contribution is -0.137. The molecule has 2 aliphatic heterocycles. The molecule has 0 saturated carbocycles. The summed E-state index contributed by atoms with van der Waals surface area (Å²) in [6.07, 6.45) is 7.93. The van der Waals surface area contributed by atoms with Crippen molar-refractivity contribution in [1.82, 2.24) is 4.72 Å². The predicted octanol–water partition coefficient (Wildman–Crippen LogP) is 3.17. The van der Waals surface area contributed by atoms with E-state index in [1.807, 2.05) is 36.4 Å². The molecule has 2 unspecified atom stereocenters. The van der Waals surface area contributed by atoms with Gasteiger partial charge in [-0.2, -0.15) is 0 Å². The first-order valence-electron chi connectivity index (χ1n) is 10.3. The van der Waals surface area contributed by atoms with Gasteiger partial charge in [0.05, 0.1) is 30.8 Å². The van der Waals surface area contributed by atoms with Crippen molar-refractivity contribution >= 4 is 16.0 Å². The number of rotatable bonds is 12. The Morgan fingerprint density at radius 1 is 1.23 bits per heavy atom. The van der Waals surface area contributed by atoms with E-state index in [4.69, 9.17) is 14.6 Å². The van der Waals surface area contributed by atoms with Gasteiger partial charge in [-0.3, -0.25) is 9.52 Å². The minimum absolute atomic E-state index is 0.00147. The van der Waals surface area contributed by atoms with E-state index in [1.165, 1.54) is 0 Å². The average molecular weight is 436 g/mol. The number of fused-ring (bicyclic) bond motifs is 2. The number of aliphatic carboxylic acids is 1. The van der Waals surface area contributed by atoms with Crippen molar-refractivity contribution in [2.75, 3.05) is 12.9 Å². The van der Waals surface area contributed by atoms with Crippen molar-refractivity contribution in [2.24, 2.45) is 0 Å².